The van der Waals surface area contributed by atoms with Crippen LogP contribution in [0.2, 0.25) is 0 Å². The van der Waals surface area contributed by atoms with Gasteiger partial charge < -0.3 is 4.74 Å². The molecule has 17 heavy (non-hydrogen) atoms. The lowest BCUT2D eigenvalue weighted by molar-refractivity contribution is -0.147. The number of ether oxygens (including phenoxy) is 1. The summed E-state index contributed by atoms with van der Waals surface area (Å²) < 4.78 is 6.00. The van der Waals surface area contributed by atoms with E-state index in [9.17, 15) is 9.59 Å². The zero-order valence-corrected chi connectivity index (χ0v) is 10.9. The molecule has 3 nitrogen and oxygen atoms in total. The van der Waals surface area contributed by atoms with Gasteiger partial charge in [-0.1, -0.05) is 28.1 Å². The first-order valence-electron chi connectivity index (χ1n) is 5.58. The smallest absolute Gasteiger partial charge is 0.313 e. The largest absolute Gasteiger partial charge is 0.460 e. The number of halogens is 1. The van der Waals surface area contributed by atoms with Crippen LogP contribution in [0.3, 0.4) is 0 Å². The minimum atomic E-state index is -0.429. The minimum Gasteiger partial charge on any atom is -0.460 e. The maximum Gasteiger partial charge on any atom is 0.313 e. The Bertz CT molecular complexity index is 438. The van der Waals surface area contributed by atoms with Gasteiger partial charge in [-0.15, -0.1) is 0 Å². The first-order valence-corrected chi connectivity index (χ1v) is 6.37. The Balaban J connectivity index is 1.77. The van der Waals surface area contributed by atoms with E-state index in [1.165, 1.54) is 0 Å². The molecule has 1 aliphatic rings. The van der Waals surface area contributed by atoms with Gasteiger partial charge in [0, 0.05) is 10.4 Å². The lowest BCUT2D eigenvalue weighted by Gasteiger charge is -2.04. The Morgan fingerprint density at radius 2 is 2.12 bits per heavy atom. The van der Waals surface area contributed by atoms with Crippen LogP contribution in [0.4, 0.5) is 0 Å². The van der Waals surface area contributed by atoms with E-state index in [2.05, 4.69) is 15.9 Å². The monoisotopic (exact) mass is 296 g/mol. The van der Waals surface area contributed by atoms with E-state index in [0.717, 1.165) is 22.9 Å². The minimum absolute atomic E-state index is 0.0178. The third-order valence-electron chi connectivity index (χ3n) is 2.64. The fraction of sp³-hybridized carbons (Fsp3) is 0.385. The molecule has 0 bridgehead atoms. The lowest BCUT2D eigenvalue weighted by atomic mass is 10.2. The van der Waals surface area contributed by atoms with Gasteiger partial charge in [0.1, 0.15) is 18.8 Å². The van der Waals surface area contributed by atoms with E-state index < -0.39 is 5.97 Å². The molecule has 1 aromatic carbocycles. The highest BCUT2D eigenvalue weighted by atomic mass is 79.9. The molecule has 0 atom stereocenters. The van der Waals surface area contributed by atoms with Gasteiger partial charge in [0.15, 0.2) is 0 Å². The van der Waals surface area contributed by atoms with E-state index in [0.29, 0.717) is 0 Å². The summed E-state index contributed by atoms with van der Waals surface area (Å²) in [6, 6.07) is 7.54. The molecule has 0 saturated heterocycles. The summed E-state index contributed by atoms with van der Waals surface area (Å²) >= 11 is 3.34. The number of rotatable bonds is 5. The predicted octanol–water partition coefficient (Wildman–Crippen LogP) is 2.86. The number of hydrogen-bond acceptors (Lipinski definition) is 3. The van der Waals surface area contributed by atoms with Crippen molar-refractivity contribution in [2.75, 3.05) is 0 Å². The molecule has 0 heterocycles. The van der Waals surface area contributed by atoms with Crippen LogP contribution in [0.25, 0.3) is 0 Å². The number of hydrogen-bond donors (Lipinski definition) is 0. The predicted molar refractivity (Wildman–Crippen MR) is 66.3 cm³/mol. The second-order valence-corrected chi connectivity index (χ2v) is 5.12. The average molecular weight is 297 g/mol. The normalized spacial score (nSPS) is 14.4. The highest BCUT2D eigenvalue weighted by Crippen LogP contribution is 2.30. The van der Waals surface area contributed by atoms with Gasteiger partial charge in [0.25, 0.3) is 0 Å². The van der Waals surface area contributed by atoms with Crippen molar-refractivity contribution >= 4 is 27.7 Å². The van der Waals surface area contributed by atoms with Crippen molar-refractivity contribution < 1.29 is 14.3 Å². The molecule has 0 amide bonds. The zero-order chi connectivity index (χ0) is 12.3. The van der Waals surface area contributed by atoms with Crippen molar-refractivity contribution in [2.24, 2.45) is 5.92 Å². The van der Waals surface area contributed by atoms with Crippen molar-refractivity contribution in [1.29, 1.82) is 0 Å². The SMILES string of the molecule is O=C(CC(=O)C1CC1)OCc1cccc(Br)c1. The number of esters is 1. The molecule has 1 saturated carbocycles. The quantitative estimate of drug-likeness (QED) is 0.620. The summed E-state index contributed by atoms with van der Waals surface area (Å²) in [6.07, 6.45) is 1.77. The maximum absolute atomic E-state index is 11.4. The van der Waals surface area contributed by atoms with Crippen molar-refractivity contribution in [1.82, 2.24) is 0 Å². The third kappa shape index (κ3) is 3.97. The number of Topliss-reactive ketones (excluding diaryl/α,β-unsaturated/α-hetero) is 1. The van der Waals surface area contributed by atoms with Gasteiger partial charge >= 0.3 is 5.97 Å². The molecule has 4 heteroatoms. The number of ketones is 1. The zero-order valence-electron chi connectivity index (χ0n) is 9.32. The maximum atomic E-state index is 11.4. The summed E-state index contributed by atoms with van der Waals surface area (Å²) in [7, 11) is 0. The molecular weight excluding hydrogens is 284 g/mol. The topological polar surface area (TPSA) is 43.4 Å². The molecule has 0 radical (unpaired) electrons. The molecule has 1 aromatic rings. The fourth-order valence-corrected chi connectivity index (χ4v) is 1.98. The molecule has 0 unspecified atom stereocenters. The van der Waals surface area contributed by atoms with E-state index in [-0.39, 0.29) is 24.7 Å². The molecule has 0 spiro atoms. The summed E-state index contributed by atoms with van der Waals surface area (Å²) in [6.45, 7) is 0.218. The van der Waals surface area contributed by atoms with Crippen LogP contribution in [0, 0.1) is 5.92 Å². The highest BCUT2D eigenvalue weighted by Gasteiger charge is 2.30. The molecule has 0 aliphatic heterocycles. The molecule has 2 rings (SSSR count). The second-order valence-electron chi connectivity index (χ2n) is 4.21. The van der Waals surface area contributed by atoms with Gasteiger partial charge in [0.2, 0.25) is 0 Å². The molecule has 90 valence electrons. The van der Waals surface area contributed by atoms with Gasteiger partial charge in [-0.25, -0.2) is 0 Å². The van der Waals surface area contributed by atoms with E-state index in [1.807, 2.05) is 24.3 Å². The summed E-state index contributed by atoms with van der Waals surface area (Å²) in [5.74, 6) is -0.292. The molecule has 0 N–H and O–H groups in total. The standard InChI is InChI=1S/C13H13BrO3/c14-11-3-1-2-9(6-11)8-17-13(16)7-12(15)10-4-5-10/h1-3,6,10H,4-5,7-8H2. The summed E-state index contributed by atoms with van der Waals surface area (Å²) in [5.41, 5.74) is 0.909. The number of carbonyl (C=O) groups excluding carboxylic acids is 2. The fourth-order valence-electron chi connectivity index (χ4n) is 1.53. The van der Waals surface area contributed by atoms with Crippen LogP contribution in [-0.2, 0) is 20.9 Å². The average Bonchev–Trinajstić information content (AvgIpc) is 3.10. The Labute approximate surface area is 108 Å². The summed E-state index contributed by atoms with van der Waals surface area (Å²) in [5, 5.41) is 0. The first-order chi connectivity index (χ1) is 8.15. The molecule has 1 fully saturated rings. The van der Waals surface area contributed by atoms with Gasteiger partial charge in [-0.3, -0.25) is 9.59 Å². The van der Waals surface area contributed by atoms with Gasteiger partial charge in [0.05, 0.1) is 0 Å². The van der Waals surface area contributed by atoms with E-state index in [1.54, 1.807) is 0 Å². The Kier molecular flexibility index (Phi) is 3.94. The van der Waals surface area contributed by atoms with Gasteiger partial charge in [-0.2, -0.15) is 0 Å². The van der Waals surface area contributed by atoms with Crippen molar-refractivity contribution in [2.45, 2.75) is 25.9 Å². The van der Waals surface area contributed by atoms with E-state index >= 15 is 0 Å². The number of carbonyl (C=O) groups is 2. The van der Waals surface area contributed by atoms with Crippen LogP contribution in [0.1, 0.15) is 24.8 Å². The first kappa shape index (κ1) is 12.3. The van der Waals surface area contributed by atoms with E-state index in [4.69, 9.17) is 4.74 Å². The third-order valence-corrected chi connectivity index (χ3v) is 3.13. The Morgan fingerprint density at radius 3 is 2.76 bits per heavy atom. The van der Waals surface area contributed by atoms with Crippen molar-refractivity contribution in [3.63, 3.8) is 0 Å². The van der Waals surface area contributed by atoms with Gasteiger partial charge in [-0.05, 0) is 30.5 Å². The van der Waals surface area contributed by atoms with Crippen LogP contribution in [0.5, 0.6) is 0 Å². The second kappa shape index (κ2) is 5.45. The lowest BCUT2D eigenvalue weighted by Crippen LogP contribution is -2.12. The van der Waals surface area contributed by atoms with Crippen molar-refractivity contribution in [3.05, 3.63) is 34.3 Å². The van der Waals surface area contributed by atoms with Crippen LogP contribution >= 0.6 is 15.9 Å². The highest BCUT2D eigenvalue weighted by molar-refractivity contribution is 9.10. The van der Waals surface area contributed by atoms with Crippen LogP contribution in [-0.4, -0.2) is 11.8 Å². The van der Waals surface area contributed by atoms with Crippen LogP contribution in [0.15, 0.2) is 28.7 Å². The number of benzene rings is 1. The molecular formula is C13H13BrO3. The Morgan fingerprint density at radius 1 is 1.35 bits per heavy atom. The molecule has 0 aromatic heterocycles. The van der Waals surface area contributed by atoms with Crippen LogP contribution < -0.4 is 0 Å². The molecule has 1 aliphatic carbocycles. The Hall–Kier alpha value is -1.16. The van der Waals surface area contributed by atoms with Crippen molar-refractivity contribution in [3.8, 4) is 0 Å². The summed E-state index contributed by atoms with van der Waals surface area (Å²) in [4.78, 5) is 22.8.